The smallest absolute Gasteiger partial charge is 0.228 e. The summed E-state index contributed by atoms with van der Waals surface area (Å²) in [5, 5.41) is 0.674. The molecule has 1 aromatic carbocycles. The fraction of sp³-hybridized carbons (Fsp3) is 0.429. The third kappa shape index (κ3) is 3.12. The van der Waals surface area contributed by atoms with Crippen LogP contribution in [0.4, 0.5) is 5.69 Å². The van der Waals surface area contributed by atoms with Crippen LogP contribution in [-0.4, -0.2) is 22.8 Å². The number of benzene rings is 1. The van der Waals surface area contributed by atoms with E-state index in [0.717, 1.165) is 16.8 Å². The Morgan fingerprint density at radius 1 is 1.42 bits per heavy atom. The number of rotatable bonds is 2. The van der Waals surface area contributed by atoms with Gasteiger partial charge in [0.2, 0.25) is 5.91 Å². The van der Waals surface area contributed by atoms with Crippen LogP contribution in [0.3, 0.4) is 0 Å². The summed E-state index contributed by atoms with van der Waals surface area (Å²) in [7, 11) is 0. The van der Waals surface area contributed by atoms with Crippen LogP contribution in [0.25, 0.3) is 0 Å². The SMILES string of the molecule is CC(=O)SC1CC(=O)N(c2c(C)cc(C)cc2Cl)C1. The van der Waals surface area contributed by atoms with E-state index < -0.39 is 0 Å². The third-order valence-corrected chi connectivity index (χ3v) is 4.36. The van der Waals surface area contributed by atoms with Gasteiger partial charge in [0.25, 0.3) is 0 Å². The monoisotopic (exact) mass is 297 g/mol. The van der Waals surface area contributed by atoms with E-state index in [1.807, 2.05) is 26.0 Å². The maximum absolute atomic E-state index is 12.1. The number of carbonyl (C=O) groups is 2. The maximum atomic E-state index is 12.1. The highest BCUT2D eigenvalue weighted by molar-refractivity contribution is 8.14. The van der Waals surface area contributed by atoms with Crippen LogP contribution in [0.1, 0.15) is 24.5 Å². The summed E-state index contributed by atoms with van der Waals surface area (Å²) in [6.07, 6.45) is 0.397. The molecule has 102 valence electrons. The molecule has 0 N–H and O–H groups in total. The molecule has 1 atom stereocenters. The first-order chi connectivity index (χ1) is 8.88. The van der Waals surface area contributed by atoms with Crippen LogP contribution in [-0.2, 0) is 9.59 Å². The van der Waals surface area contributed by atoms with Gasteiger partial charge in [-0.1, -0.05) is 29.4 Å². The van der Waals surface area contributed by atoms with Gasteiger partial charge < -0.3 is 4.90 Å². The minimum atomic E-state index is 0.0294. The summed E-state index contributed by atoms with van der Waals surface area (Å²) in [4.78, 5) is 24.9. The Balaban J connectivity index is 2.28. The van der Waals surface area contributed by atoms with Gasteiger partial charge in [-0.3, -0.25) is 9.59 Å². The summed E-state index contributed by atoms with van der Waals surface area (Å²) >= 11 is 7.50. The molecule has 0 aliphatic carbocycles. The molecule has 0 bridgehead atoms. The van der Waals surface area contributed by atoms with Crippen LogP contribution in [0.5, 0.6) is 0 Å². The number of anilines is 1. The number of amides is 1. The van der Waals surface area contributed by atoms with E-state index in [4.69, 9.17) is 11.6 Å². The van der Waals surface area contributed by atoms with Crippen molar-refractivity contribution in [1.29, 1.82) is 0 Å². The first-order valence-electron chi connectivity index (χ1n) is 6.13. The van der Waals surface area contributed by atoms with E-state index in [-0.39, 0.29) is 16.3 Å². The molecular weight excluding hydrogens is 282 g/mol. The van der Waals surface area contributed by atoms with Gasteiger partial charge in [0.1, 0.15) is 0 Å². The molecule has 0 spiro atoms. The predicted molar refractivity (Wildman–Crippen MR) is 80.0 cm³/mol. The van der Waals surface area contributed by atoms with Crippen molar-refractivity contribution in [3.63, 3.8) is 0 Å². The average molecular weight is 298 g/mol. The number of hydrogen-bond donors (Lipinski definition) is 0. The number of nitrogens with zero attached hydrogens (tertiary/aromatic N) is 1. The van der Waals surface area contributed by atoms with Crippen LogP contribution < -0.4 is 4.90 Å². The molecule has 0 saturated carbocycles. The van der Waals surface area contributed by atoms with Crippen molar-refractivity contribution in [2.45, 2.75) is 32.4 Å². The third-order valence-electron chi connectivity index (χ3n) is 3.09. The fourth-order valence-corrected chi connectivity index (χ4v) is 3.80. The van der Waals surface area contributed by atoms with Gasteiger partial charge in [0.05, 0.1) is 10.7 Å². The zero-order valence-electron chi connectivity index (χ0n) is 11.2. The van der Waals surface area contributed by atoms with E-state index in [2.05, 4.69) is 0 Å². The van der Waals surface area contributed by atoms with Gasteiger partial charge in [-0.2, -0.15) is 0 Å². The molecular formula is C14H16ClNO2S. The number of aryl methyl sites for hydroxylation is 2. The number of halogens is 1. The second-order valence-electron chi connectivity index (χ2n) is 4.85. The van der Waals surface area contributed by atoms with Gasteiger partial charge in [-0.25, -0.2) is 0 Å². The van der Waals surface area contributed by atoms with E-state index in [9.17, 15) is 9.59 Å². The number of thioether (sulfide) groups is 1. The van der Waals surface area contributed by atoms with Crippen molar-refractivity contribution in [1.82, 2.24) is 0 Å². The molecule has 1 fully saturated rings. The summed E-state index contributed by atoms with van der Waals surface area (Å²) in [5.74, 6) is 0.0348. The molecule has 2 rings (SSSR count). The van der Waals surface area contributed by atoms with E-state index in [1.165, 1.54) is 18.7 Å². The molecule has 1 saturated heterocycles. The molecule has 0 aromatic heterocycles. The van der Waals surface area contributed by atoms with Crippen molar-refractivity contribution >= 4 is 40.1 Å². The van der Waals surface area contributed by atoms with E-state index in [0.29, 0.717) is 18.0 Å². The molecule has 1 aliphatic rings. The maximum Gasteiger partial charge on any atom is 0.228 e. The number of carbonyl (C=O) groups excluding carboxylic acids is 2. The Hall–Kier alpha value is -1.00. The lowest BCUT2D eigenvalue weighted by atomic mass is 10.1. The van der Waals surface area contributed by atoms with Crippen molar-refractivity contribution in [3.05, 3.63) is 28.3 Å². The molecule has 1 heterocycles. The Morgan fingerprint density at radius 3 is 2.68 bits per heavy atom. The van der Waals surface area contributed by atoms with Gasteiger partial charge in [0.15, 0.2) is 5.12 Å². The van der Waals surface area contributed by atoms with Crippen molar-refractivity contribution in [2.75, 3.05) is 11.4 Å². The molecule has 1 aromatic rings. The molecule has 1 amide bonds. The fourth-order valence-electron chi connectivity index (χ4n) is 2.45. The Morgan fingerprint density at radius 2 is 2.11 bits per heavy atom. The Labute approximate surface area is 122 Å². The van der Waals surface area contributed by atoms with Crippen LogP contribution >= 0.6 is 23.4 Å². The Kier molecular flexibility index (Phi) is 4.21. The van der Waals surface area contributed by atoms with Gasteiger partial charge in [-0.05, 0) is 31.0 Å². The zero-order valence-corrected chi connectivity index (χ0v) is 12.8. The molecule has 3 nitrogen and oxygen atoms in total. The van der Waals surface area contributed by atoms with Gasteiger partial charge in [0, 0.05) is 25.1 Å². The minimum Gasteiger partial charge on any atom is -0.310 e. The number of hydrogen-bond acceptors (Lipinski definition) is 3. The highest BCUT2D eigenvalue weighted by atomic mass is 35.5. The topological polar surface area (TPSA) is 37.4 Å². The van der Waals surface area contributed by atoms with E-state index in [1.54, 1.807) is 4.90 Å². The quantitative estimate of drug-likeness (QED) is 0.840. The van der Waals surface area contributed by atoms with E-state index >= 15 is 0 Å². The van der Waals surface area contributed by atoms with Crippen molar-refractivity contribution in [3.8, 4) is 0 Å². The van der Waals surface area contributed by atoms with Crippen molar-refractivity contribution < 1.29 is 9.59 Å². The highest BCUT2D eigenvalue weighted by Gasteiger charge is 2.33. The zero-order chi connectivity index (χ0) is 14.2. The minimum absolute atomic E-state index is 0.0294. The lowest BCUT2D eigenvalue weighted by Gasteiger charge is -2.21. The molecule has 1 unspecified atom stereocenters. The van der Waals surface area contributed by atoms with Crippen molar-refractivity contribution in [2.24, 2.45) is 0 Å². The first-order valence-corrected chi connectivity index (χ1v) is 7.38. The molecule has 1 aliphatic heterocycles. The second-order valence-corrected chi connectivity index (χ2v) is 6.74. The van der Waals surface area contributed by atoms with Crippen LogP contribution in [0.2, 0.25) is 5.02 Å². The standard InChI is InChI=1S/C14H16ClNO2S/c1-8-4-9(2)14(12(15)5-8)16-7-11(6-13(16)18)19-10(3)17/h4-5,11H,6-7H2,1-3H3. The largest absolute Gasteiger partial charge is 0.310 e. The molecule has 19 heavy (non-hydrogen) atoms. The summed E-state index contributed by atoms with van der Waals surface area (Å²) in [5.41, 5.74) is 2.85. The highest BCUT2D eigenvalue weighted by Crippen LogP contribution is 2.36. The molecule has 5 heteroatoms. The molecule has 0 radical (unpaired) electrons. The lowest BCUT2D eigenvalue weighted by molar-refractivity contribution is -0.117. The first kappa shape index (κ1) is 14.4. The summed E-state index contributed by atoms with van der Waals surface area (Å²) < 4.78 is 0. The van der Waals surface area contributed by atoms with Crippen LogP contribution in [0, 0.1) is 13.8 Å². The van der Waals surface area contributed by atoms with Crippen LogP contribution in [0.15, 0.2) is 12.1 Å². The predicted octanol–water partition coefficient (Wildman–Crippen LogP) is 3.34. The van der Waals surface area contributed by atoms with Gasteiger partial charge >= 0.3 is 0 Å². The Bertz CT molecular complexity index is 521. The lowest BCUT2D eigenvalue weighted by Crippen LogP contribution is -2.26. The second kappa shape index (κ2) is 5.55. The van der Waals surface area contributed by atoms with Gasteiger partial charge in [-0.15, -0.1) is 0 Å². The average Bonchev–Trinajstić information content (AvgIpc) is 2.57. The summed E-state index contributed by atoms with van der Waals surface area (Å²) in [6.45, 7) is 6.00. The normalized spacial score (nSPS) is 19.1. The summed E-state index contributed by atoms with van der Waals surface area (Å²) in [6, 6.07) is 3.88.